The van der Waals surface area contributed by atoms with Crippen LogP contribution in [0.15, 0.2) is 23.4 Å². The van der Waals surface area contributed by atoms with Crippen LogP contribution in [0.1, 0.15) is 15.9 Å². The number of carbonyl (C=O) groups is 1. The molecule has 0 aromatic heterocycles. The summed E-state index contributed by atoms with van der Waals surface area (Å²) >= 11 is 0. The van der Waals surface area contributed by atoms with Crippen LogP contribution >= 0.6 is 0 Å². The number of piperazine rings is 1. The Bertz CT molecular complexity index is 554. The number of oxime groups is 1. The van der Waals surface area contributed by atoms with E-state index in [2.05, 4.69) is 5.16 Å². The van der Waals surface area contributed by atoms with Crippen molar-refractivity contribution < 1.29 is 14.4 Å². The topological polar surface area (TPSA) is 82.2 Å². The zero-order valence-corrected chi connectivity index (χ0v) is 11.9. The summed E-state index contributed by atoms with van der Waals surface area (Å²) in [5.74, 6) is -0.390. The van der Waals surface area contributed by atoms with E-state index in [1.165, 1.54) is 6.07 Å². The number of rotatable bonds is 3. The highest BCUT2D eigenvalue weighted by molar-refractivity contribution is 5.94. The van der Waals surface area contributed by atoms with Crippen LogP contribution in [-0.4, -0.2) is 59.5 Å². The van der Waals surface area contributed by atoms with Crippen molar-refractivity contribution >= 4 is 11.7 Å². The maximum atomic E-state index is 13.5. The molecule has 2 rings (SSSR count). The summed E-state index contributed by atoms with van der Waals surface area (Å²) < 4.78 is 13.5. The Morgan fingerprint density at radius 1 is 1.38 bits per heavy atom. The second-order valence-corrected chi connectivity index (χ2v) is 5.12. The van der Waals surface area contributed by atoms with Crippen molar-refractivity contribution in [3.63, 3.8) is 0 Å². The number of amidine groups is 1. The molecule has 0 unspecified atom stereocenters. The molecular weight excluding hydrogens is 275 g/mol. The Labute approximate surface area is 122 Å². The van der Waals surface area contributed by atoms with Gasteiger partial charge in [0.1, 0.15) is 5.82 Å². The predicted molar refractivity (Wildman–Crippen MR) is 76.9 cm³/mol. The van der Waals surface area contributed by atoms with Gasteiger partial charge < -0.3 is 15.8 Å². The SMILES string of the molecule is Cc1ccc(C(=O)N2CCN(CC(N)=NO)CC2)cc1F. The van der Waals surface area contributed by atoms with Crippen LogP contribution < -0.4 is 5.73 Å². The van der Waals surface area contributed by atoms with E-state index < -0.39 is 0 Å². The number of nitrogens with zero attached hydrogens (tertiary/aromatic N) is 3. The Morgan fingerprint density at radius 3 is 2.62 bits per heavy atom. The monoisotopic (exact) mass is 294 g/mol. The highest BCUT2D eigenvalue weighted by atomic mass is 19.1. The van der Waals surface area contributed by atoms with Gasteiger partial charge in [-0.1, -0.05) is 11.2 Å². The molecule has 1 amide bonds. The number of hydrogen-bond donors (Lipinski definition) is 2. The van der Waals surface area contributed by atoms with Crippen molar-refractivity contribution in [2.45, 2.75) is 6.92 Å². The van der Waals surface area contributed by atoms with E-state index in [-0.39, 0.29) is 17.6 Å². The van der Waals surface area contributed by atoms with Crippen LogP contribution in [0.4, 0.5) is 4.39 Å². The number of halogens is 1. The van der Waals surface area contributed by atoms with Gasteiger partial charge in [-0.15, -0.1) is 0 Å². The Kier molecular flexibility index (Phi) is 4.74. The molecular formula is C14H19FN4O2. The Balaban J connectivity index is 1.95. The van der Waals surface area contributed by atoms with E-state index in [1.807, 2.05) is 4.90 Å². The lowest BCUT2D eigenvalue weighted by molar-refractivity contribution is 0.0652. The van der Waals surface area contributed by atoms with E-state index in [1.54, 1.807) is 24.0 Å². The number of benzene rings is 1. The summed E-state index contributed by atoms with van der Waals surface area (Å²) in [5, 5.41) is 11.5. The third-order valence-electron chi connectivity index (χ3n) is 3.59. The summed E-state index contributed by atoms with van der Waals surface area (Å²) in [4.78, 5) is 16.0. The predicted octanol–water partition coefficient (Wildman–Crippen LogP) is 0.638. The summed E-state index contributed by atoms with van der Waals surface area (Å²) in [5.41, 5.74) is 6.34. The number of nitrogens with two attached hydrogens (primary N) is 1. The Hall–Kier alpha value is -2.15. The molecule has 0 atom stereocenters. The summed E-state index contributed by atoms with van der Waals surface area (Å²) in [6.07, 6.45) is 0. The minimum Gasteiger partial charge on any atom is -0.409 e. The first kappa shape index (κ1) is 15.2. The van der Waals surface area contributed by atoms with Crippen LogP contribution in [-0.2, 0) is 0 Å². The van der Waals surface area contributed by atoms with Crippen molar-refractivity contribution in [3.8, 4) is 0 Å². The lowest BCUT2D eigenvalue weighted by atomic mass is 10.1. The lowest BCUT2D eigenvalue weighted by Crippen LogP contribution is -2.50. The van der Waals surface area contributed by atoms with Crippen LogP contribution in [0.25, 0.3) is 0 Å². The van der Waals surface area contributed by atoms with E-state index in [9.17, 15) is 9.18 Å². The van der Waals surface area contributed by atoms with Crippen molar-refractivity contribution in [1.29, 1.82) is 0 Å². The number of carbonyl (C=O) groups excluding carboxylic acids is 1. The smallest absolute Gasteiger partial charge is 0.254 e. The van der Waals surface area contributed by atoms with Crippen LogP contribution in [0, 0.1) is 12.7 Å². The van der Waals surface area contributed by atoms with Gasteiger partial charge in [0.25, 0.3) is 5.91 Å². The molecule has 1 fully saturated rings. The average molecular weight is 294 g/mol. The molecule has 7 heteroatoms. The fraction of sp³-hybridized carbons (Fsp3) is 0.429. The van der Waals surface area contributed by atoms with Crippen molar-refractivity contribution in [3.05, 3.63) is 35.1 Å². The third kappa shape index (κ3) is 3.69. The molecule has 1 aliphatic rings. The standard InChI is InChI=1S/C14H19FN4O2/c1-10-2-3-11(8-12(10)15)14(20)19-6-4-18(5-7-19)9-13(16)17-21/h2-3,8,21H,4-7,9H2,1H3,(H2,16,17). The normalized spacial score (nSPS) is 17.0. The molecule has 0 spiro atoms. The maximum Gasteiger partial charge on any atom is 0.254 e. The van der Waals surface area contributed by atoms with E-state index in [0.717, 1.165) is 0 Å². The minimum absolute atomic E-state index is 0.149. The van der Waals surface area contributed by atoms with Crippen LogP contribution in [0.3, 0.4) is 0 Å². The molecule has 1 aromatic rings. The van der Waals surface area contributed by atoms with Crippen LogP contribution in [0.2, 0.25) is 0 Å². The van der Waals surface area contributed by atoms with Gasteiger partial charge in [0.15, 0.2) is 5.84 Å². The van der Waals surface area contributed by atoms with Gasteiger partial charge >= 0.3 is 0 Å². The van der Waals surface area contributed by atoms with E-state index in [0.29, 0.717) is 43.9 Å². The van der Waals surface area contributed by atoms with Crippen molar-refractivity contribution in [2.75, 3.05) is 32.7 Å². The molecule has 3 N–H and O–H groups in total. The Morgan fingerprint density at radius 2 is 2.05 bits per heavy atom. The molecule has 0 saturated carbocycles. The number of hydrogen-bond acceptors (Lipinski definition) is 4. The quantitative estimate of drug-likeness (QED) is 0.371. The van der Waals surface area contributed by atoms with Gasteiger partial charge in [-0.3, -0.25) is 9.69 Å². The maximum absolute atomic E-state index is 13.5. The van der Waals surface area contributed by atoms with Gasteiger partial charge in [0.05, 0.1) is 6.54 Å². The summed E-state index contributed by atoms with van der Waals surface area (Å²) in [7, 11) is 0. The fourth-order valence-corrected chi connectivity index (χ4v) is 2.28. The first-order valence-corrected chi connectivity index (χ1v) is 6.75. The highest BCUT2D eigenvalue weighted by Crippen LogP contribution is 2.13. The first-order valence-electron chi connectivity index (χ1n) is 6.75. The minimum atomic E-state index is -0.369. The molecule has 0 bridgehead atoms. The molecule has 6 nitrogen and oxygen atoms in total. The second-order valence-electron chi connectivity index (χ2n) is 5.12. The summed E-state index contributed by atoms with van der Waals surface area (Å²) in [6.45, 7) is 4.37. The van der Waals surface area contributed by atoms with Gasteiger partial charge in [-0.25, -0.2) is 4.39 Å². The van der Waals surface area contributed by atoms with Gasteiger partial charge in [-0.05, 0) is 24.6 Å². The molecule has 1 saturated heterocycles. The van der Waals surface area contributed by atoms with Crippen molar-refractivity contribution in [1.82, 2.24) is 9.80 Å². The average Bonchev–Trinajstić information content (AvgIpc) is 2.50. The molecule has 0 aliphatic carbocycles. The van der Waals surface area contributed by atoms with Gasteiger partial charge in [0.2, 0.25) is 0 Å². The summed E-state index contributed by atoms with van der Waals surface area (Å²) in [6, 6.07) is 4.53. The van der Waals surface area contributed by atoms with Gasteiger partial charge in [-0.2, -0.15) is 0 Å². The molecule has 21 heavy (non-hydrogen) atoms. The van der Waals surface area contributed by atoms with E-state index in [4.69, 9.17) is 10.9 Å². The van der Waals surface area contributed by atoms with Crippen molar-refractivity contribution in [2.24, 2.45) is 10.9 Å². The van der Waals surface area contributed by atoms with Gasteiger partial charge in [0, 0.05) is 31.7 Å². The largest absolute Gasteiger partial charge is 0.409 e. The first-order chi connectivity index (χ1) is 10.0. The zero-order chi connectivity index (χ0) is 15.4. The zero-order valence-electron chi connectivity index (χ0n) is 11.9. The molecule has 114 valence electrons. The third-order valence-corrected chi connectivity index (χ3v) is 3.59. The number of amides is 1. The number of aryl methyl sites for hydroxylation is 1. The molecule has 0 radical (unpaired) electrons. The molecule has 1 heterocycles. The lowest BCUT2D eigenvalue weighted by Gasteiger charge is -2.34. The van der Waals surface area contributed by atoms with E-state index >= 15 is 0 Å². The molecule has 1 aromatic carbocycles. The second kappa shape index (κ2) is 6.53. The highest BCUT2D eigenvalue weighted by Gasteiger charge is 2.22. The fourth-order valence-electron chi connectivity index (χ4n) is 2.28. The molecule has 1 aliphatic heterocycles. The van der Waals surface area contributed by atoms with Crippen LogP contribution in [0.5, 0.6) is 0 Å².